The van der Waals surface area contributed by atoms with Gasteiger partial charge in [-0.2, -0.15) is 13.2 Å². The molecule has 0 unspecified atom stereocenters. The van der Waals surface area contributed by atoms with Crippen molar-refractivity contribution < 1.29 is 35.9 Å². The van der Waals surface area contributed by atoms with Gasteiger partial charge in [0.1, 0.15) is 11.6 Å². The fourth-order valence-corrected chi connectivity index (χ4v) is 5.33. The number of aromatic nitrogens is 2. The SMILES string of the molecule is CC(C)(C[C@@H]1C[C@H](c2cccc(OC(F)(F)F)c2)N(c2ccc(C(F)(F)F)cc2)C1=O)c1ccnc(C2CC2)n1. The number of nitrogens with zero attached hydrogens (tertiary/aromatic N) is 3. The van der Waals surface area contributed by atoms with Gasteiger partial charge < -0.3 is 9.64 Å². The predicted molar refractivity (Wildman–Crippen MR) is 135 cm³/mol. The Bertz CT molecular complexity index is 1380. The molecular weight excluding hydrogens is 536 g/mol. The Kier molecular flexibility index (Phi) is 7.04. The number of rotatable bonds is 7. The summed E-state index contributed by atoms with van der Waals surface area (Å²) in [6, 6.07) is 10.6. The van der Waals surface area contributed by atoms with Gasteiger partial charge >= 0.3 is 12.5 Å². The third kappa shape index (κ3) is 6.08. The quantitative estimate of drug-likeness (QED) is 0.276. The lowest BCUT2D eigenvalue weighted by atomic mass is 9.78. The van der Waals surface area contributed by atoms with E-state index in [1.165, 1.54) is 29.2 Å². The van der Waals surface area contributed by atoms with Crippen molar-refractivity contribution in [2.24, 2.45) is 5.92 Å². The monoisotopic (exact) mass is 563 g/mol. The number of hydrogen-bond acceptors (Lipinski definition) is 4. The highest BCUT2D eigenvalue weighted by Gasteiger charge is 2.44. The van der Waals surface area contributed by atoms with Crippen LogP contribution in [0.4, 0.5) is 32.0 Å². The maximum atomic E-state index is 13.8. The summed E-state index contributed by atoms with van der Waals surface area (Å²) < 4.78 is 82.3. The lowest BCUT2D eigenvalue weighted by Crippen LogP contribution is -2.32. The van der Waals surface area contributed by atoms with Crippen LogP contribution in [0.2, 0.25) is 0 Å². The van der Waals surface area contributed by atoms with Gasteiger partial charge in [0.25, 0.3) is 0 Å². The van der Waals surface area contributed by atoms with E-state index in [4.69, 9.17) is 4.98 Å². The fraction of sp³-hybridized carbons (Fsp3) is 0.414. The van der Waals surface area contributed by atoms with Crippen LogP contribution in [0.1, 0.15) is 74.1 Å². The first kappa shape index (κ1) is 27.9. The van der Waals surface area contributed by atoms with Crippen LogP contribution in [0.15, 0.2) is 60.8 Å². The number of amides is 1. The third-order valence-corrected chi connectivity index (χ3v) is 7.42. The fourth-order valence-electron chi connectivity index (χ4n) is 5.33. The Hall–Kier alpha value is -3.63. The number of hydrogen-bond donors (Lipinski definition) is 0. The first-order valence-electron chi connectivity index (χ1n) is 12.9. The van der Waals surface area contributed by atoms with Crippen molar-refractivity contribution >= 4 is 11.6 Å². The second-order valence-electron chi connectivity index (χ2n) is 11.0. The molecular formula is C29H27F6N3O2. The molecule has 2 atom stereocenters. The minimum Gasteiger partial charge on any atom is -0.406 e. The zero-order valence-corrected chi connectivity index (χ0v) is 21.8. The summed E-state index contributed by atoms with van der Waals surface area (Å²) in [5, 5.41) is 0. The van der Waals surface area contributed by atoms with Crippen LogP contribution >= 0.6 is 0 Å². The first-order valence-corrected chi connectivity index (χ1v) is 12.9. The minimum absolute atomic E-state index is 0.225. The van der Waals surface area contributed by atoms with E-state index < -0.39 is 41.2 Å². The van der Waals surface area contributed by atoms with Gasteiger partial charge in [-0.25, -0.2) is 9.97 Å². The van der Waals surface area contributed by atoms with Crippen LogP contribution in [0.5, 0.6) is 5.75 Å². The molecule has 5 nitrogen and oxygen atoms in total. The zero-order valence-electron chi connectivity index (χ0n) is 21.8. The number of ether oxygens (including phenoxy) is 1. The topological polar surface area (TPSA) is 55.3 Å². The summed E-state index contributed by atoms with van der Waals surface area (Å²) in [7, 11) is 0. The molecule has 0 N–H and O–H groups in total. The Morgan fingerprint density at radius 2 is 1.68 bits per heavy atom. The number of carbonyl (C=O) groups is 1. The van der Waals surface area contributed by atoms with Crippen molar-refractivity contribution in [3.63, 3.8) is 0 Å². The van der Waals surface area contributed by atoms with Gasteiger partial charge in [-0.1, -0.05) is 26.0 Å². The average molecular weight is 564 g/mol. The van der Waals surface area contributed by atoms with Gasteiger partial charge in [0, 0.05) is 34.8 Å². The summed E-state index contributed by atoms with van der Waals surface area (Å²) in [6.45, 7) is 3.93. The first-order chi connectivity index (χ1) is 18.7. The maximum absolute atomic E-state index is 13.8. The molecule has 3 aromatic rings. The Morgan fingerprint density at radius 3 is 2.30 bits per heavy atom. The zero-order chi connectivity index (χ0) is 28.9. The van der Waals surface area contributed by atoms with Crippen LogP contribution in [0, 0.1) is 5.92 Å². The van der Waals surface area contributed by atoms with E-state index in [1.54, 1.807) is 12.3 Å². The predicted octanol–water partition coefficient (Wildman–Crippen LogP) is 7.73. The molecule has 1 saturated heterocycles. The van der Waals surface area contributed by atoms with E-state index in [9.17, 15) is 31.1 Å². The van der Waals surface area contributed by atoms with Crippen molar-refractivity contribution in [3.05, 3.63) is 83.4 Å². The summed E-state index contributed by atoms with van der Waals surface area (Å²) in [5.74, 6) is -0.212. The molecule has 0 spiro atoms. The molecule has 1 aliphatic carbocycles. The largest absolute Gasteiger partial charge is 0.573 e. The molecule has 1 saturated carbocycles. The summed E-state index contributed by atoms with van der Waals surface area (Å²) >= 11 is 0. The van der Waals surface area contributed by atoms with Crippen molar-refractivity contribution in [1.29, 1.82) is 0 Å². The van der Waals surface area contributed by atoms with Crippen LogP contribution in [0.25, 0.3) is 0 Å². The maximum Gasteiger partial charge on any atom is 0.573 e. The molecule has 1 amide bonds. The van der Waals surface area contributed by atoms with Gasteiger partial charge in [-0.15, -0.1) is 13.2 Å². The van der Waals surface area contributed by atoms with E-state index in [0.717, 1.165) is 42.6 Å². The number of carbonyl (C=O) groups excluding carboxylic acids is 1. The third-order valence-electron chi connectivity index (χ3n) is 7.42. The minimum atomic E-state index is -4.90. The molecule has 11 heteroatoms. The molecule has 2 aliphatic rings. The van der Waals surface area contributed by atoms with E-state index >= 15 is 0 Å². The number of halogens is 6. The smallest absolute Gasteiger partial charge is 0.406 e. The van der Waals surface area contributed by atoms with Crippen LogP contribution < -0.4 is 9.64 Å². The highest BCUT2D eigenvalue weighted by molar-refractivity contribution is 5.98. The molecule has 1 aliphatic heterocycles. The molecule has 0 radical (unpaired) electrons. The molecule has 2 aromatic carbocycles. The highest BCUT2D eigenvalue weighted by atomic mass is 19.4. The van der Waals surface area contributed by atoms with Crippen LogP contribution in [-0.4, -0.2) is 22.2 Å². The van der Waals surface area contributed by atoms with Crippen LogP contribution in [-0.2, 0) is 16.4 Å². The van der Waals surface area contributed by atoms with Gasteiger partial charge in [-0.05, 0) is 73.7 Å². The van der Waals surface area contributed by atoms with Crippen molar-refractivity contribution in [2.75, 3.05) is 4.90 Å². The summed E-state index contributed by atoms with van der Waals surface area (Å²) in [4.78, 5) is 24.3. The lowest BCUT2D eigenvalue weighted by Gasteiger charge is -2.27. The van der Waals surface area contributed by atoms with Gasteiger partial charge in [0.15, 0.2) is 0 Å². The average Bonchev–Trinajstić information content (AvgIpc) is 3.68. The Balaban J connectivity index is 1.47. The highest BCUT2D eigenvalue weighted by Crippen LogP contribution is 2.46. The van der Waals surface area contributed by atoms with Crippen molar-refractivity contribution in [2.45, 2.75) is 69.4 Å². The molecule has 2 fully saturated rings. The van der Waals surface area contributed by atoms with Gasteiger partial charge in [0.2, 0.25) is 5.91 Å². The Morgan fingerprint density at radius 1 is 0.975 bits per heavy atom. The summed E-state index contributed by atoms with van der Waals surface area (Å²) in [5.41, 5.74) is -0.0263. The van der Waals surface area contributed by atoms with E-state index in [0.29, 0.717) is 17.9 Å². The normalized spacial score (nSPS) is 20.2. The molecule has 212 valence electrons. The summed E-state index contributed by atoms with van der Waals surface area (Å²) in [6.07, 6.45) is -5.06. The molecule has 40 heavy (non-hydrogen) atoms. The number of alkyl halides is 6. The molecule has 5 rings (SSSR count). The standard InChI is InChI=1S/C29H27F6N3O2/c1-27(2,24-12-13-36-25(37-24)17-6-7-17)16-19-15-23(18-4-3-5-22(14-18)40-29(33,34)35)38(26(19)39)21-10-8-20(9-11-21)28(30,31)32/h3-5,8-14,17,19,23H,6-7,15-16H2,1-2H3/t19-,23+/m0/s1. The van der Waals surface area contributed by atoms with Crippen molar-refractivity contribution in [3.8, 4) is 5.75 Å². The molecule has 2 heterocycles. The Labute approximate surface area is 227 Å². The van der Waals surface area contributed by atoms with E-state index in [2.05, 4.69) is 9.72 Å². The second kappa shape index (κ2) is 10.1. The second-order valence-corrected chi connectivity index (χ2v) is 11.0. The van der Waals surface area contributed by atoms with Crippen molar-refractivity contribution in [1.82, 2.24) is 9.97 Å². The van der Waals surface area contributed by atoms with Gasteiger partial charge in [-0.3, -0.25) is 4.79 Å². The van der Waals surface area contributed by atoms with E-state index in [1.807, 2.05) is 19.9 Å². The number of anilines is 1. The van der Waals surface area contributed by atoms with Crippen LogP contribution in [0.3, 0.4) is 0 Å². The van der Waals surface area contributed by atoms with E-state index in [-0.39, 0.29) is 18.0 Å². The lowest BCUT2D eigenvalue weighted by molar-refractivity contribution is -0.274. The molecule has 1 aromatic heterocycles. The number of benzene rings is 2. The van der Waals surface area contributed by atoms with Gasteiger partial charge in [0.05, 0.1) is 11.6 Å². The molecule has 0 bridgehead atoms.